The molecular formula is C14H15N3OS. The average molecular weight is 273 g/mol. The van der Waals surface area contributed by atoms with Gasteiger partial charge >= 0.3 is 0 Å². The topological polar surface area (TPSA) is 58.4 Å². The lowest BCUT2D eigenvalue weighted by Gasteiger charge is -2.14. The minimum Gasteiger partial charge on any atom is -0.291 e. The summed E-state index contributed by atoms with van der Waals surface area (Å²) >= 11 is 1.43. The number of hydrogen-bond acceptors (Lipinski definition) is 4. The highest BCUT2D eigenvalue weighted by Crippen LogP contribution is 2.26. The van der Waals surface area contributed by atoms with E-state index in [4.69, 9.17) is 5.84 Å². The number of fused-ring (bicyclic) bond motifs is 1. The number of amides is 1. The van der Waals surface area contributed by atoms with E-state index in [1.54, 1.807) is 0 Å². The minimum atomic E-state index is -0.207. The van der Waals surface area contributed by atoms with Crippen molar-refractivity contribution in [3.63, 3.8) is 0 Å². The number of nitrogens with zero attached hydrogens (tertiary/aromatic N) is 1. The molecule has 0 radical (unpaired) electrons. The van der Waals surface area contributed by atoms with E-state index in [-0.39, 0.29) is 5.91 Å². The normalized spacial score (nSPS) is 14.4. The van der Waals surface area contributed by atoms with Crippen molar-refractivity contribution in [2.24, 2.45) is 5.84 Å². The number of carbonyl (C=O) groups excluding carboxylic acids is 1. The standard InChI is InChI=1S/C14H15N3OS/c15-16-14(18)13-12(5-6-19-13)9-17-7-10-3-1-2-4-11(10)8-17/h1-6H,7-9,15H2,(H,16,18). The van der Waals surface area contributed by atoms with Gasteiger partial charge in [-0.3, -0.25) is 15.1 Å². The summed E-state index contributed by atoms with van der Waals surface area (Å²) in [6.07, 6.45) is 0. The Kier molecular flexibility index (Phi) is 3.33. The molecule has 0 saturated carbocycles. The van der Waals surface area contributed by atoms with Crippen LogP contribution in [-0.2, 0) is 19.6 Å². The molecule has 0 spiro atoms. The molecule has 1 amide bonds. The van der Waals surface area contributed by atoms with E-state index in [2.05, 4.69) is 34.6 Å². The maximum absolute atomic E-state index is 11.6. The molecule has 0 saturated heterocycles. The summed E-state index contributed by atoms with van der Waals surface area (Å²) in [5.74, 6) is 5.00. The molecule has 1 aliphatic heterocycles. The highest BCUT2D eigenvalue weighted by molar-refractivity contribution is 7.12. The first-order valence-corrected chi connectivity index (χ1v) is 7.02. The molecule has 0 fully saturated rings. The van der Waals surface area contributed by atoms with Crippen molar-refractivity contribution < 1.29 is 4.79 Å². The molecule has 2 aromatic rings. The van der Waals surface area contributed by atoms with Crippen LogP contribution in [-0.4, -0.2) is 10.8 Å². The number of carbonyl (C=O) groups is 1. The second kappa shape index (κ2) is 5.13. The Morgan fingerprint density at radius 2 is 1.95 bits per heavy atom. The first-order chi connectivity index (χ1) is 9.28. The van der Waals surface area contributed by atoms with Gasteiger partial charge in [-0.05, 0) is 28.1 Å². The van der Waals surface area contributed by atoms with Crippen LogP contribution in [0.15, 0.2) is 35.7 Å². The first kappa shape index (κ1) is 12.3. The van der Waals surface area contributed by atoms with E-state index in [9.17, 15) is 4.79 Å². The fourth-order valence-corrected chi connectivity index (χ4v) is 3.30. The maximum atomic E-state index is 11.6. The summed E-state index contributed by atoms with van der Waals surface area (Å²) in [6, 6.07) is 10.5. The van der Waals surface area contributed by atoms with E-state index < -0.39 is 0 Å². The van der Waals surface area contributed by atoms with Gasteiger partial charge in [-0.25, -0.2) is 5.84 Å². The van der Waals surface area contributed by atoms with Gasteiger partial charge in [0.05, 0.1) is 4.88 Å². The predicted octanol–water partition coefficient (Wildman–Crippen LogP) is 1.87. The Bertz CT molecular complexity index is 583. The summed E-state index contributed by atoms with van der Waals surface area (Å²) in [5, 5.41) is 1.93. The van der Waals surface area contributed by atoms with E-state index in [1.807, 2.05) is 11.4 Å². The molecule has 0 atom stereocenters. The summed E-state index contributed by atoms with van der Waals surface area (Å²) in [5.41, 5.74) is 6.00. The van der Waals surface area contributed by atoms with Crippen molar-refractivity contribution in [2.45, 2.75) is 19.6 Å². The molecule has 3 rings (SSSR count). The molecule has 1 aliphatic rings. The van der Waals surface area contributed by atoms with Crippen molar-refractivity contribution in [3.05, 3.63) is 57.3 Å². The second-order valence-electron chi connectivity index (χ2n) is 4.66. The van der Waals surface area contributed by atoms with Gasteiger partial charge in [0.1, 0.15) is 0 Å². The second-order valence-corrected chi connectivity index (χ2v) is 5.58. The monoisotopic (exact) mass is 273 g/mol. The summed E-state index contributed by atoms with van der Waals surface area (Å²) in [7, 11) is 0. The molecule has 3 N–H and O–H groups in total. The van der Waals surface area contributed by atoms with Crippen LogP contribution in [0.2, 0.25) is 0 Å². The van der Waals surface area contributed by atoms with Crippen molar-refractivity contribution in [1.29, 1.82) is 0 Å². The highest BCUT2D eigenvalue weighted by Gasteiger charge is 2.20. The number of benzene rings is 1. The molecule has 0 unspecified atom stereocenters. The smallest absolute Gasteiger partial charge is 0.275 e. The number of hydrazine groups is 1. The van der Waals surface area contributed by atoms with Crippen LogP contribution in [0.1, 0.15) is 26.4 Å². The SMILES string of the molecule is NNC(=O)c1sccc1CN1Cc2ccccc2C1. The Balaban J connectivity index is 1.75. The number of hydrogen-bond donors (Lipinski definition) is 2. The molecule has 4 nitrogen and oxygen atoms in total. The molecule has 1 aromatic carbocycles. The van der Waals surface area contributed by atoms with Crippen LogP contribution in [0.5, 0.6) is 0 Å². The molecule has 2 heterocycles. The number of nitrogen functional groups attached to an aromatic ring is 1. The van der Waals surface area contributed by atoms with Crippen LogP contribution < -0.4 is 11.3 Å². The Hall–Kier alpha value is -1.69. The Morgan fingerprint density at radius 3 is 2.58 bits per heavy atom. The van der Waals surface area contributed by atoms with Crippen LogP contribution in [0.4, 0.5) is 0 Å². The zero-order valence-electron chi connectivity index (χ0n) is 10.4. The summed E-state index contributed by atoms with van der Waals surface area (Å²) in [6.45, 7) is 2.66. The van der Waals surface area contributed by atoms with E-state index >= 15 is 0 Å². The lowest BCUT2D eigenvalue weighted by molar-refractivity contribution is 0.0956. The van der Waals surface area contributed by atoms with Gasteiger partial charge in [0.15, 0.2) is 0 Å². The fourth-order valence-electron chi connectivity index (χ4n) is 2.48. The van der Waals surface area contributed by atoms with Gasteiger partial charge in [-0.1, -0.05) is 24.3 Å². The van der Waals surface area contributed by atoms with E-state index in [0.29, 0.717) is 4.88 Å². The number of nitrogens with one attached hydrogen (secondary N) is 1. The first-order valence-electron chi connectivity index (χ1n) is 6.14. The quantitative estimate of drug-likeness (QED) is 0.510. The summed E-state index contributed by atoms with van der Waals surface area (Å²) < 4.78 is 0. The third-order valence-electron chi connectivity index (χ3n) is 3.38. The number of thiophene rings is 1. The number of nitrogens with two attached hydrogens (primary N) is 1. The largest absolute Gasteiger partial charge is 0.291 e. The molecule has 0 bridgehead atoms. The van der Waals surface area contributed by atoms with Gasteiger partial charge in [0.25, 0.3) is 5.91 Å². The zero-order valence-corrected chi connectivity index (χ0v) is 11.2. The van der Waals surface area contributed by atoms with E-state index in [0.717, 1.165) is 25.2 Å². The number of rotatable bonds is 3. The van der Waals surface area contributed by atoms with Crippen molar-refractivity contribution in [2.75, 3.05) is 0 Å². The van der Waals surface area contributed by atoms with Crippen molar-refractivity contribution >= 4 is 17.2 Å². The van der Waals surface area contributed by atoms with Gasteiger partial charge in [0.2, 0.25) is 0 Å². The van der Waals surface area contributed by atoms with Gasteiger partial charge in [-0.15, -0.1) is 11.3 Å². The van der Waals surface area contributed by atoms with Gasteiger partial charge in [0, 0.05) is 19.6 Å². The third-order valence-corrected chi connectivity index (χ3v) is 4.34. The third kappa shape index (κ3) is 2.40. The van der Waals surface area contributed by atoms with Gasteiger partial charge in [-0.2, -0.15) is 0 Å². The molecule has 5 heteroatoms. The van der Waals surface area contributed by atoms with Crippen LogP contribution in [0.25, 0.3) is 0 Å². The molecule has 0 aliphatic carbocycles. The fraction of sp³-hybridized carbons (Fsp3) is 0.214. The Labute approximate surface area is 115 Å². The van der Waals surface area contributed by atoms with E-state index in [1.165, 1.54) is 22.5 Å². The molecular weight excluding hydrogens is 258 g/mol. The highest BCUT2D eigenvalue weighted by atomic mass is 32.1. The van der Waals surface area contributed by atoms with Crippen LogP contribution in [0, 0.1) is 0 Å². The summed E-state index contributed by atoms with van der Waals surface area (Å²) in [4.78, 5) is 14.7. The van der Waals surface area contributed by atoms with Crippen LogP contribution >= 0.6 is 11.3 Å². The van der Waals surface area contributed by atoms with Crippen LogP contribution in [0.3, 0.4) is 0 Å². The predicted molar refractivity (Wildman–Crippen MR) is 75.4 cm³/mol. The van der Waals surface area contributed by atoms with Gasteiger partial charge < -0.3 is 0 Å². The molecule has 19 heavy (non-hydrogen) atoms. The molecule has 1 aromatic heterocycles. The van der Waals surface area contributed by atoms with Crippen molar-refractivity contribution in [1.82, 2.24) is 10.3 Å². The van der Waals surface area contributed by atoms with Crippen molar-refractivity contribution in [3.8, 4) is 0 Å². The Morgan fingerprint density at radius 1 is 1.26 bits per heavy atom. The minimum absolute atomic E-state index is 0.207. The maximum Gasteiger partial charge on any atom is 0.275 e. The molecule has 98 valence electrons. The zero-order chi connectivity index (χ0) is 13.2. The average Bonchev–Trinajstić information content (AvgIpc) is 3.04. The lowest BCUT2D eigenvalue weighted by Crippen LogP contribution is -2.30. The lowest BCUT2D eigenvalue weighted by atomic mass is 10.1.